The van der Waals surface area contributed by atoms with Crippen LogP contribution in [0.15, 0.2) is 208 Å². The highest BCUT2D eigenvalue weighted by Crippen LogP contribution is 2.42. The molecule has 23 heteroatoms. The van der Waals surface area contributed by atoms with Crippen LogP contribution in [0.25, 0.3) is 38.6 Å². The van der Waals surface area contributed by atoms with Gasteiger partial charge in [0, 0.05) is 112 Å². The van der Waals surface area contributed by atoms with Crippen molar-refractivity contribution in [2.24, 2.45) is 4.99 Å². The average Bonchev–Trinajstić information content (AvgIpc) is 1.59. The Kier molecular flexibility index (Phi) is 34.1. The number of halogens is 1. The quantitative estimate of drug-likeness (QED) is 0.0290. The number of benzene rings is 5. The molecular weight excluding hydrogens is 1570 g/mol. The van der Waals surface area contributed by atoms with E-state index in [1.807, 2.05) is 120 Å². The van der Waals surface area contributed by atoms with E-state index in [1.54, 1.807) is 49.6 Å². The second-order valence-electron chi connectivity index (χ2n) is 29.2. The SMILES string of the molecule is CC(=O)/C=C/CNC(=O)C1=CCc2cc(Br)c(C)cc21.CC(=O)/C=C/CNC(=O)C1=CCc2ccc(C)cc21.CC(=O)/C=C/CNC(=O)C1=CCc2ncccc21.CC(=O)/C=C/CNC(=O)C1=NCc2ccc(C)cc21.CC(=O)/C=C/CNC(=O)c1c(C)n(C2CC2)c2ccc(C)cc12.CC(=O)/C=C/CNC(=O)c1c(C)oc2ccc(C)cc12. The second-order valence-corrected chi connectivity index (χ2v) is 30.0. The maximum Gasteiger partial charge on any atom is 0.270 e. The molecule has 5 aliphatic rings. The zero-order valence-electron chi connectivity index (χ0n) is 69.6. The first-order chi connectivity index (χ1) is 56.8. The smallest absolute Gasteiger partial charge is 0.270 e. The van der Waals surface area contributed by atoms with Gasteiger partial charge in [0.1, 0.15) is 17.1 Å². The molecule has 0 radical (unpaired) electrons. The van der Waals surface area contributed by atoms with E-state index >= 15 is 0 Å². The highest BCUT2D eigenvalue weighted by Gasteiger charge is 2.31. The molecule has 4 aliphatic carbocycles. The van der Waals surface area contributed by atoms with Crippen molar-refractivity contribution in [2.45, 2.75) is 135 Å². The lowest BCUT2D eigenvalue weighted by Crippen LogP contribution is -2.31. The summed E-state index contributed by atoms with van der Waals surface area (Å²) in [7, 11) is 0. The van der Waals surface area contributed by atoms with E-state index in [0.717, 1.165) is 117 Å². The van der Waals surface area contributed by atoms with E-state index in [4.69, 9.17) is 4.42 Å². The maximum absolute atomic E-state index is 12.6. The zero-order chi connectivity index (χ0) is 86.6. The van der Waals surface area contributed by atoms with Gasteiger partial charge in [-0.2, -0.15) is 0 Å². The molecule has 616 valence electrons. The molecule has 0 unspecified atom stereocenters. The Morgan fingerprint density at radius 2 is 0.840 bits per heavy atom. The highest BCUT2D eigenvalue weighted by molar-refractivity contribution is 9.10. The molecule has 6 amide bonds. The van der Waals surface area contributed by atoms with E-state index in [0.29, 0.717) is 92.0 Å². The van der Waals surface area contributed by atoms with Gasteiger partial charge in [-0.1, -0.05) is 141 Å². The van der Waals surface area contributed by atoms with E-state index in [-0.39, 0.29) is 70.1 Å². The largest absolute Gasteiger partial charge is 0.461 e. The molecule has 8 aromatic rings. The van der Waals surface area contributed by atoms with Crippen molar-refractivity contribution >= 4 is 130 Å². The normalized spacial score (nSPS) is 13.2. The van der Waals surface area contributed by atoms with Crippen LogP contribution in [-0.4, -0.2) is 125 Å². The summed E-state index contributed by atoms with van der Waals surface area (Å²) in [5.41, 5.74) is 20.6. The van der Waals surface area contributed by atoms with Gasteiger partial charge in [0.2, 0.25) is 0 Å². The number of pyridine rings is 1. The fraction of sp³-hybridized carbons (Fsp3) is 0.271. The topological polar surface area (TPSA) is 320 Å². The van der Waals surface area contributed by atoms with Crippen molar-refractivity contribution in [1.82, 2.24) is 41.5 Å². The van der Waals surface area contributed by atoms with Crippen LogP contribution >= 0.6 is 15.9 Å². The molecule has 22 nitrogen and oxygen atoms in total. The van der Waals surface area contributed by atoms with E-state index in [2.05, 4.69) is 98.8 Å². The minimum Gasteiger partial charge on any atom is -0.461 e. The standard InChI is InChI=1S/C19H22N2O2.C16H16BrNO2.C16H17NO3.C16H17NO2.C15H16N2O2.C14H14N2O2/c1-12-6-9-17-16(11-12)18(14(3)21(17)15-7-8-15)19(23)20-10-4-5-13(2)22;1-10-8-14-12(9-15(10)17)5-6-13(14)16(20)18-7-3-4-11(2)19;1-10-6-7-14-13(9-10)15(12(3)20-14)16(19)17-8-4-5-11(2)18;1-11-5-6-13-7-8-14(15(13)10-11)16(19)17-9-3-4-12(2)18;1-10-5-6-12-9-17-14(13(12)8-10)15(19)16-7-3-4-11(2)18;1-10(17)4-2-9-16-14(18)12-6-7-13-11(12)5-3-8-15-13/h4-6,9,11,15H,7-8,10H2,1-3H3,(H,20,23);3-4,6,8-9H,5,7H2,1-2H3,(H,18,20);4-7,9H,8H2,1-3H3,(H,17,19);3-6,8,10H,7,9H2,1-2H3,(H,17,19);3-6,8H,7,9H2,1-2H3,(H,16,19);2-6,8H,7,9H2,1H3,(H,16,18)/b5-4+;4-3+;5-4+;2*4-3+;4-2+. The Bertz CT molecular complexity index is 5500. The van der Waals surface area contributed by atoms with Crippen molar-refractivity contribution < 1.29 is 62.0 Å². The third-order valence-electron chi connectivity index (χ3n) is 19.0. The number of amides is 6. The number of carbonyl (C=O) groups excluding carboxylic acids is 12. The summed E-state index contributed by atoms with van der Waals surface area (Å²) in [6.07, 6.45) is 30.8. The monoisotopic (exact) mass is 1670 g/mol. The fourth-order valence-corrected chi connectivity index (χ4v) is 13.7. The summed E-state index contributed by atoms with van der Waals surface area (Å²) in [5, 5.41) is 18.5. The first-order valence-electron chi connectivity index (χ1n) is 39.2. The van der Waals surface area contributed by atoms with Crippen LogP contribution in [0.3, 0.4) is 0 Å². The summed E-state index contributed by atoms with van der Waals surface area (Å²) in [4.78, 5) is 146. The zero-order valence-corrected chi connectivity index (χ0v) is 71.2. The molecule has 13 rings (SSSR count). The van der Waals surface area contributed by atoms with Crippen molar-refractivity contribution in [3.05, 3.63) is 294 Å². The second kappa shape index (κ2) is 44.3. The van der Waals surface area contributed by atoms with Crippen LogP contribution < -0.4 is 31.9 Å². The number of fused-ring (bicyclic) bond motifs is 6. The Hall–Kier alpha value is -13.0. The molecule has 6 N–H and O–H groups in total. The number of aryl methyl sites for hydroxylation is 6. The van der Waals surface area contributed by atoms with Gasteiger partial charge in [-0.05, 0) is 234 Å². The number of hydrogen-bond acceptors (Lipinski definition) is 15. The number of carbonyl (C=O) groups is 12. The lowest BCUT2D eigenvalue weighted by molar-refractivity contribution is -0.116. The van der Waals surface area contributed by atoms with Gasteiger partial charge in [-0.3, -0.25) is 67.5 Å². The van der Waals surface area contributed by atoms with Crippen molar-refractivity contribution in [2.75, 3.05) is 39.3 Å². The van der Waals surface area contributed by atoms with Crippen LogP contribution in [0.1, 0.15) is 165 Å². The Morgan fingerprint density at radius 3 is 1.34 bits per heavy atom. The predicted molar refractivity (Wildman–Crippen MR) is 472 cm³/mol. The molecule has 0 saturated heterocycles. The van der Waals surface area contributed by atoms with Crippen molar-refractivity contribution in [3.63, 3.8) is 0 Å². The Balaban J connectivity index is 0.000000178. The molecule has 5 aromatic carbocycles. The van der Waals surface area contributed by atoms with Gasteiger partial charge < -0.3 is 40.9 Å². The number of hydrogen-bond donors (Lipinski definition) is 6. The number of allylic oxidation sites excluding steroid dienone is 9. The molecule has 1 fully saturated rings. The summed E-state index contributed by atoms with van der Waals surface area (Å²) in [6, 6.07) is 32.5. The summed E-state index contributed by atoms with van der Waals surface area (Å²) >= 11 is 3.51. The van der Waals surface area contributed by atoms with E-state index in [1.165, 1.54) is 96.4 Å². The summed E-state index contributed by atoms with van der Waals surface area (Å²) in [5.74, 6) is -0.350. The van der Waals surface area contributed by atoms with Crippen molar-refractivity contribution in [3.8, 4) is 0 Å². The van der Waals surface area contributed by atoms with Crippen LogP contribution in [-0.2, 0) is 73.8 Å². The molecule has 0 bridgehead atoms. The van der Waals surface area contributed by atoms with Gasteiger partial charge in [-0.25, -0.2) is 0 Å². The molecule has 0 atom stereocenters. The molecule has 0 spiro atoms. The number of furan rings is 1. The highest BCUT2D eigenvalue weighted by atomic mass is 79.9. The Morgan fingerprint density at radius 1 is 0.429 bits per heavy atom. The van der Waals surface area contributed by atoms with Crippen LogP contribution in [0.5, 0.6) is 0 Å². The fourth-order valence-electron chi connectivity index (χ4n) is 13.3. The summed E-state index contributed by atoms with van der Waals surface area (Å²) in [6.45, 7) is 25.3. The number of ketones is 6. The van der Waals surface area contributed by atoms with E-state index in [9.17, 15) is 57.5 Å². The summed E-state index contributed by atoms with van der Waals surface area (Å²) < 4.78 is 8.95. The average molecular weight is 1670 g/mol. The Labute approximate surface area is 702 Å². The predicted octanol–water partition coefficient (Wildman–Crippen LogP) is 14.4. The van der Waals surface area contributed by atoms with Gasteiger partial charge in [0.25, 0.3) is 35.4 Å². The number of aromatic nitrogens is 2. The first-order valence-corrected chi connectivity index (χ1v) is 40.0. The number of rotatable bonds is 25. The molecule has 4 heterocycles. The molecular formula is C96H102BrN9O13. The minimum atomic E-state index is -0.197. The van der Waals surface area contributed by atoms with Crippen LogP contribution in [0.2, 0.25) is 0 Å². The third-order valence-corrected chi connectivity index (χ3v) is 19.9. The van der Waals surface area contributed by atoms with Crippen LogP contribution in [0.4, 0.5) is 0 Å². The van der Waals surface area contributed by atoms with Gasteiger partial charge >= 0.3 is 0 Å². The van der Waals surface area contributed by atoms with E-state index < -0.39 is 0 Å². The lowest BCUT2D eigenvalue weighted by Gasteiger charge is -2.08. The maximum atomic E-state index is 12.6. The molecule has 1 aliphatic heterocycles. The molecule has 1 saturated carbocycles. The van der Waals surface area contributed by atoms with Gasteiger partial charge in [-0.15, -0.1) is 0 Å². The van der Waals surface area contributed by atoms with Crippen LogP contribution in [0, 0.1) is 48.5 Å². The molecule has 119 heavy (non-hydrogen) atoms. The third kappa shape index (κ3) is 27.0. The number of aliphatic imine (C=N–C) groups is 1. The van der Waals surface area contributed by atoms with Gasteiger partial charge in [0.15, 0.2) is 34.7 Å². The minimum absolute atomic E-state index is 0.0172. The number of nitrogens with one attached hydrogen (secondary N) is 6. The lowest BCUT2D eigenvalue weighted by atomic mass is 10.0. The van der Waals surface area contributed by atoms with Crippen molar-refractivity contribution in [1.29, 1.82) is 0 Å². The molecule has 3 aromatic heterocycles. The van der Waals surface area contributed by atoms with Gasteiger partial charge in [0.05, 0.1) is 23.4 Å². The first kappa shape index (κ1) is 91.5. The number of nitrogens with zero attached hydrogens (tertiary/aromatic N) is 3.